The Bertz CT molecular complexity index is 698. The topological polar surface area (TPSA) is 55.2 Å². The Kier molecular flexibility index (Phi) is 2.53. The van der Waals surface area contributed by atoms with Crippen molar-refractivity contribution in [2.75, 3.05) is 0 Å². The van der Waals surface area contributed by atoms with Crippen molar-refractivity contribution in [3.8, 4) is 17.5 Å². The second-order valence-corrected chi connectivity index (χ2v) is 3.81. The van der Waals surface area contributed by atoms with Crippen LogP contribution in [-0.4, -0.2) is 15.1 Å². The molecule has 0 atom stereocenters. The number of phenols is 1. The molecule has 0 aliphatic heterocycles. The summed E-state index contributed by atoms with van der Waals surface area (Å²) in [6, 6.07) is 14.5. The fourth-order valence-electron chi connectivity index (χ4n) is 1.66. The van der Waals surface area contributed by atoms with E-state index < -0.39 is 0 Å². The highest BCUT2D eigenvalue weighted by Gasteiger charge is 2.02. The fourth-order valence-corrected chi connectivity index (χ4v) is 1.66. The lowest BCUT2D eigenvalue weighted by Crippen LogP contribution is -1.91. The van der Waals surface area contributed by atoms with E-state index in [1.54, 1.807) is 24.4 Å². The molecule has 4 nitrogen and oxygen atoms in total. The molecule has 2 aromatic carbocycles. The quantitative estimate of drug-likeness (QED) is 0.745. The van der Waals surface area contributed by atoms with Gasteiger partial charge < -0.3 is 9.84 Å². The van der Waals surface area contributed by atoms with E-state index >= 15 is 0 Å². The molecule has 1 heterocycles. The zero-order valence-electron chi connectivity index (χ0n) is 9.45. The molecule has 0 aliphatic rings. The van der Waals surface area contributed by atoms with Gasteiger partial charge in [0, 0.05) is 17.6 Å². The van der Waals surface area contributed by atoms with E-state index in [1.807, 2.05) is 24.3 Å². The van der Waals surface area contributed by atoms with Crippen LogP contribution in [0.15, 0.2) is 54.7 Å². The normalized spacial score (nSPS) is 10.4. The SMILES string of the molecule is Oc1cccc(Oc2ncc3ccccc3n2)c1. The summed E-state index contributed by atoms with van der Waals surface area (Å²) in [4.78, 5) is 8.40. The van der Waals surface area contributed by atoms with Crippen molar-refractivity contribution in [3.63, 3.8) is 0 Å². The third-order valence-electron chi connectivity index (χ3n) is 2.49. The lowest BCUT2D eigenvalue weighted by Gasteiger charge is -2.04. The number of aromatic nitrogens is 2. The van der Waals surface area contributed by atoms with Gasteiger partial charge in [0.25, 0.3) is 0 Å². The Morgan fingerprint density at radius 2 is 1.89 bits per heavy atom. The maximum atomic E-state index is 9.34. The van der Waals surface area contributed by atoms with Crippen molar-refractivity contribution in [1.82, 2.24) is 9.97 Å². The van der Waals surface area contributed by atoms with Gasteiger partial charge >= 0.3 is 6.01 Å². The Hall–Kier alpha value is -2.62. The van der Waals surface area contributed by atoms with E-state index in [1.165, 1.54) is 6.07 Å². The molecule has 0 bridgehead atoms. The van der Waals surface area contributed by atoms with Gasteiger partial charge in [-0.3, -0.25) is 0 Å². The highest BCUT2D eigenvalue weighted by molar-refractivity contribution is 5.77. The second kappa shape index (κ2) is 4.33. The monoisotopic (exact) mass is 238 g/mol. The van der Waals surface area contributed by atoms with Crippen LogP contribution in [-0.2, 0) is 0 Å². The molecule has 0 amide bonds. The van der Waals surface area contributed by atoms with Gasteiger partial charge in [0.15, 0.2) is 0 Å². The number of rotatable bonds is 2. The molecule has 0 fully saturated rings. The van der Waals surface area contributed by atoms with Crippen LogP contribution in [0.5, 0.6) is 17.5 Å². The van der Waals surface area contributed by atoms with Gasteiger partial charge in [-0.1, -0.05) is 24.3 Å². The molecule has 0 spiro atoms. The maximum Gasteiger partial charge on any atom is 0.322 e. The molecule has 0 radical (unpaired) electrons. The van der Waals surface area contributed by atoms with E-state index in [9.17, 15) is 5.11 Å². The van der Waals surface area contributed by atoms with Crippen molar-refractivity contribution in [2.45, 2.75) is 0 Å². The van der Waals surface area contributed by atoms with Crippen LogP contribution in [0.2, 0.25) is 0 Å². The number of nitrogens with zero attached hydrogens (tertiary/aromatic N) is 2. The first-order valence-electron chi connectivity index (χ1n) is 5.50. The predicted molar refractivity (Wildman–Crippen MR) is 67.7 cm³/mol. The molecule has 1 aromatic heterocycles. The lowest BCUT2D eigenvalue weighted by molar-refractivity contribution is 0.433. The molecule has 0 unspecified atom stereocenters. The van der Waals surface area contributed by atoms with E-state index in [2.05, 4.69) is 9.97 Å². The van der Waals surface area contributed by atoms with Gasteiger partial charge in [-0.25, -0.2) is 4.98 Å². The average molecular weight is 238 g/mol. The van der Waals surface area contributed by atoms with Crippen LogP contribution < -0.4 is 4.74 Å². The highest BCUT2D eigenvalue weighted by Crippen LogP contribution is 2.23. The predicted octanol–water partition coefficient (Wildman–Crippen LogP) is 3.13. The van der Waals surface area contributed by atoms with E-state index in [4.69, 9.17) is 4.74 Å². The summed E-state index contributed by atoms with van der Waals surface area (Å²) >= 11 is 0. The summed E-state index contributed by atoms with van der Waals surface area (Å²) in [6.45, 7) is 0. The van der Waals surface area contributed by atoms with Gasteiger partial charge in [-0.05, 0) is 18.2 Å². The number of hydrogen-bond donors (Lipinski definition) is 1. The van der Waals surface area contributed by atoms with E-state index in [-0.39, 0.29) is 11.8 Å². The molecule has 0 saturated heterocycles. The van der Waals surface area contributed by atoms with Gasteiger partial charge in [0.2, 0.25) is 0 Å². The Morgan fingerprint density at radius 1 is 1.00 bits per heavy atom. The fraction of sp³-hybridized carbons (Fsp3) is 0. The van der Waals surface area contributed by atoms with Crippen molar-refractivity contribution >= 4 is 10.9 Å². The van der Waals surface area contributed by atoms with Crippen molar-refractivity contribution in [1.29, 1.82) is 0 Å². The minimum Gasteiger partial charge on any atom is -0.508 e. The lowest BCUT2D eigenvalue weighted by atomic mass is 10.2. The van der Waals surface area contributed by atoms with Gasteiger partial charge in [0.1, 0.15) is 11.5 Å². The molecular formula is C14H10N2O2. The van der Waals surface area contributed by atoms with Crippen LogP contribution in [0, 0.1) is 0 Å². The molecule has 0 aliphatic carbocycles. The third-order valence-corrected chi connectivity index (χ3v) is 2.49. The first-order valence-corrected chi connectivity index (χ1v) is 5.50. The summed E-state index contributed by atoms with van der Waals surface area (Å²) < 4.78 is 5.49. The largest absolute Gasteiger partial charge is 0.508 e. The molecule has 88 valence electrons. The number of aromatic hydroxyl groups is 1. The van der Waals surface area contributed by atoms with Crippen molar-refractivity contribution < 1.29 is 9.84 Å². The van der Waals surface area contributed by atoms with Gasteiger partial charge in [0.05, 0.1) is 5.52 Å². The number of ether oxygens (including phenoxy) is 1. The van der Waals surface area contributed by atoms with Crippen molar-refractivity contribution in [2.24, 2.45) is 0 Å². The van der Waals surface area contributed by atoms with Crippen LogP contribution in [0.25, 0.3) is 10.9 Å². The molecule has 0 saturated carbocycles. The van der Waals surface area contributed by atoms with Gasteiger partial charge in [-0.15, -0.1) is 0 Å². The minimum absolute atomic E-state index is 0.147. The van der Waals surface area contributed by atoms with Crippen LogP contribution in [0.4, 0.5) is 0 Å². The van der Waals surface area contributed by atoms with Crippen LogP contribution >= 0.6 is 0 Å². The Balaban J connectivity index is 1.95. The molecular weight excluding hydrogens is 228 g/mol. The zero-order chi connectivity index (χ0) is 12.4. The second-order valence-electron chi connectivity index (χ2n) is 3.81. The van der Waals surface area contributed by atoms with Crippen LogP contribution in [0.1, 0.15) is 0 Å². The summed E-state index contributed by atoms with van der Waals surface area (Å²) in [5.74, 6) is 0.651. The van der Waals surface area contributed by atoms with Crippen molar-refractivity contribution in [3.05, 3.63) is 54.7 Å². The number of benzene rings is 2. The molecule has 3 rings (SSSR count). The molecule has 1 N–H and O–H groups in total. The maximum absolute atomic E-state index is 9.34. The highest BCUT2D eigenvalue weighted by atomic mass is 16.5. The zero-order valence-corrected chi connectivity index (χ0v) is 9.45. The number of para-hydroxylation sites is 1. The van der Waals surface area contributed by atoms with Gasteiger partial charge in [-0.2, -0.15) is 4.98 Å². The number of hydrogen-bond acceptors (Lipinski definition) is 4. The average Bonchev–Trinajstić information content (AvgIpc) is 2.39. The Labute approximate surface area is 104 Å². The summed E-state index contributed by atoms with van der Waals surface area (Å²) in [6.07, 6.45) is 1.71. The van der Waals surface area contributed by atoms with Crippen LogP contribution in [0.3, 0.4) is 0 Å². The smallest absolute Gasteiger partial charge is 0.322 e. The first kappa shape index (κ1) is 10.5. The molecule has 4 heteroatoms. The number of phenolic OH excluding ortho intramolecular Hbond substituents is 1. The summed E-state index contributed by atoms with van der Waals surface area (Å²) in [5.41, 5.74) is 0.822. The molecule has 18 heavy (non-hydrogen) atoms. The van der Waals surface area contributed by atoms with E-state index in [0.717, 1.165) is 10.9 Å². The summed E-state index contributed by atoms with van der Waals surface area (Å²) in [7, 11) is 0. The van der Waals surface area contributed by atoms with E-state index in [0.29, 0.717) is 5.75 Å². The summed E-state index contributed by atoms with van der Waals surface area (Å²) in [5, 5.41) is 10.3. The first-order chi connectivity index (χ1) is 8.81. The minimum atomic E-state index is 0.147. The Morgan fingerprint density at radius 3 is 2.78 bits per heavy atom. The molecule has 3 aromatic rings. The standard InChI is InChI=1S/C14H10N2O2/c17-11-5-3-6-12(8-11)18-14-15-9-10-4-1-2-7-13(10)16-14/h1-9,17H. The third kappa shape index (κ3) is 2.08. The number of fused-ring (bicyclic) bond motifs is 1.